The molecule has 2 heterocycles. The Morgan fingerprint density at radius 1 is 0.895 bits per heavy atom. The molecular weight excluding hydrogens is 234 g/mol. The minimum absolute atomic E-state index is 0.759. The third kappa shape index (κ3) is 3.32. The van der Waals surface area contributed by atoms with Gasteiger partial charge in [0.1, 0.15) is 0 Å². The van der Waals surface area contributed by atoms with Crippen LogP contribution in [0.15, 0.2) is 0 Å². The van der Waals surface area contributed by atoms with Gasteiger partial charge in [0.2, 0.25) is 0 Å². The van der Waals surface area contributed by atoms with Gasteiger partial charge in [-0.3, -0.25) is 4.90 Å². The molecule has 110 valence electrons. The predicted molar refractivity (Wildman–Crippen MR) is 80.5 cm³/mol. The number of hydrogen-bond donors (Lipinski definition) is 1. The van der Waals surface area contributed by atoms with Gasteiger partial charge in [-0.2, -0.15) is 0 Å². The lowest BCUT2D eigenvalue weighted by molar-refractivity contribution is 0.105. The highest BCUT2D eigenvalue weighted by Gasteiger charge is 2.33. The Kier molecular flexibility index (Phi) is 4.78. The van der Waals surface area contributed by atoms with Crippen molar-refractivity contribution in [3.63, 3.8) is 0 Å². The zero-order valence-electron chi connectivity index (χ0n) is 12.6. The highest BCUT2D eigenvalue weighted by molar-refractivity contribution is 4.91. The monoisotopic (exact) mass is 265 g/mol. The number of rotatable bonds is 4. The average Bonchev–Trinajstić information content (AvgIpc) is 3.10. The van der Waals surface area contributed by atoms with E-state index in [1.165, 1.54) is 77.7 Å². The average molecular weight is 265 g/mol. The van der Waals surface area contributed by atoms with E-state index in [-0.39, 0.29) is 0 Å². The molecule has 3 fully saturated rings. The third-order valence-corrected chi connectivity index (χ3v) is 5.68. The lowest BCUT2D eigenvalue weighted by atomic mass is 9.94. The smallest absolute Gasteiger partial charge is 0.0249 e. The molecule has 19 heavy (non-hydrogen) atoms. The van der Waals surface area contributed by atoms with Crippen molar-refractivity contribution in [3.8, 4) is 0 Å². The Morgan fingerprint density at radius 2 is 1.63 bits per heavy atom. The summed E-state index contributed by atoms with van der Waals surface area (Å²) in [7, 11) is 2.14. The largest absolute Gasteiger partial charge is 0.315 e. The standard InChI is InChI=1S/C16H31N3/c1-17-15-5-4-6-16(15)19-11-7-14(8-12-19)13-18-9-2-3-10-18/h14-17H,2-13H2,1H3. The number of nitrogens with one attached hydrogen (secondary N) is 1. The zero-order chi connectivity index (χ0) is 13.1. The Balaban J connectivity index is 1.43. The number of likely N-dealkylation sites (tertiary alicyclic amines) is 2. The molecule has 3 aliphatic rings. The van der Waals surface area contributed by atoms with E-state index >= 15 is 0 Å². The summed E-state index contributed by atoms with van der Waals surface area (Å²) < 4.78 is 0. The van der Waals surface area contributed by atoms with Crippen LogP contribution in [0.4, 0.5) is 0 Å². The fraction of sp³-hybridized carbons (Fsp3) is 1.00. The second-order valence-corrected chi connectivity index (χ2v) is 6.88. The molecule has 0 amide bonds. The first-order valence-corrected chi connectivity index (χ1v) is 8.50. The topological polar surface area (TPSA) is 18.5 Å². The summed E-state index contributed by atoms with van der Waals surface area (Å²) in [4.78, 5) is 5.49. The number of piperidine rings is 1. The van der Waals surface area contributed by atoms with Crippen molar-refractivity contribution in [2.24, 2.45) is 5.92 Å². The second kappa shape index (κ2) is 6.55. The van der Waals surface area contributed by atoms with E-state index in [2.05, 4.69) is 22.2 Å². The molecule has 1 aliphatic carbocycles. The fourth-order valence-electron chi connectivity index (χ4n) is 4.51. The number of hydrogen-bond acceptors (Lipinski definition) is 3. The summed E-state index contributed by atoms with van der Waals surface area (Å²) in [5, 5.41) is 3.53. The van der Waals surface area contributed by atoms with Gasteiger partial charge in [0.05, 0.1) is 0 Å². The molecule has 3 nitrogen and oxygen atoms in total. The first-order valence-electron chi connectivity index (χ1n) is 8.50. The summed E-state index contributed by atoms with van der Waals surface area (Å²) in [6.45, 7) is 6.81. The lowest BCUT2D eigenvalue weighted by Crippen LogP contribution is -2.49. The van der Waals surface area contributed by atoms with E-state index in [1.54, 1.807) is 0 Å². The Hall–Kier alpha value is -0.120. The first-order chi connectivity index (χ1) is 9.36. The van der Waals surface area contributed by atoms with Crippen molar-refractivity contribution >= 4 is 0 Å². The minimum atomic E-state index is 0.759. The Morgan fingerprint density at radius 3 is 2.32 bits per heavy atom. The lowest BCUT2D eigenvalue weighted by Gasteiger charge is -2.39. The Labute approximate surface area is 118 Å². The van der Waals surface area contributed by atoms with Gasteiger partial charge in [0.25, 0.3) is 0 Å². The van der Waals surface area contributed by atoms with E-state index in [1.807, 2.05) is 0 Å². The highest BCUT2D eigenvalue weighted by atomic mass is 15.2. The summed E-state index contributed by atoms with van der Waals surface area (Å²) in [6.07, 6.45) is 9.96. The van der Waals surface area contributed by atoms with Gasteiger partial charge in [-0.25, -0.2) is 0 Å². The van der Waals surface area contributed by atoms with Crippen LogP contribution >= 0.6 is 0 Å². The van der Waals surface area contributed by atoms with Gasteiger partial charge >= 0.3 is 0 Å². The van der Waals surface area contributed by atoms with Crippen LogP contribution < -0.4 is 5.32 Å². The molecular formula is C16H31N3. The van der Waals surface area contributed by atoms with Gasteiger partial charge in [-0.05, 0) is 77.7 Å². The van der Waals surface area contributed by atoms with Gasteiger partial charge in [-0.1, -0.05) is 6.42 Å². The van der Waals surface area contributed by atoms with Crippen LogP contribution in [0.1, 0.15) is 44.9 Å². The van der Waals surface area contributed by atoms with Crippen LogP contribution in [0.5, 0.6) is 0 Å². The Bertz CT molecular complexity index is 267. The molecule has 3 heteroatoms. The van der Waals surface area contributed by atoms with Crippen molar-refractivity contribution in [3.05, 3.63) is 0 Å². The molecule has 1 N–H and O–H groups in total. The normalized spacial score (nSPS) is 35.2. The summed E-state index contributed by atoms with van der Waals surface area (Å²) >= 11 is 0. The first kappa shape index (κ1) is 13.8. The highest BCUT2D eigenvalue weighted by Crippen LogP contribution is 2.29. The minimum Gasteiger partial charge on any atom is -0.315 e. The van der Waals surface area contributed by atoms with E-state index in [9.17, 15) is 0 Å². The van der Waals surface area contributed by atoms with Crippen LogP contribution in [0.2, 0.25) is 0 Å². The molecule has 2 aliphatic heterocycles. The third-order valence-electron chi connectivity index (χ3n) is 5.68. The zero-order valence-corrected chi connectivity index (χ0v) is 12.6. The summed E-state index contributed by atoms with van der Waals surface area (Å²) in [6, 6.07) is 1.59. The van der Waals surface area contributed by atoms with Crippen LogP contribution in [0.3, 0.4) is 0 Å². The number of likely N-dealkylation sites (N-methyl/N-ethyl adjacent to an activating group) is 1. The van der Waals surface area contributed by atoms with Gasteiger partial charge in [0, 0.05) is 18.6 Å². The van der Waals surface area contributed by atoms with Crippen molar-refractivity contribution in [2.75, 3.05) is 39.8 Å². The van der Waals surface area contributed by atoms with Crippen LogP contribution in [-0.2, 0) is 0 Å². The quantitative estimate of drug-likeness (QED) is 0.838. The molecule has 2 saturated heterocycles. The molecule has 0 aromatic rings. The van der Waals surface area contributed by atoms with E-state index < -0.39 is 0 Å². The maximum absolute atomic E-state index is 3.53. The molecule has 0 radical (unpaired) electrons. The van der Waals surface area contributed by atoms with Crippen molar-refractivity contribution < 1.29 is 0 Å². The molecule has 2 unspecified atom stereocenters. The van der Waals surface area contributed by atoms with Crippen LogP contribution in [0, 0.1) is 5.92 Å². The number of nitrogens with zero attached hydrogens (tertiary/aromatic N) is 2. The summed E-state index contributed by atoms with van der Waals surface area (Å²) in [5.74, 6) is 0.976. The van der Waals surface area contributed by atoms with Crippen LogP contribution in [-0.4, -0.2) is 61.7 Å². The van der Waals surface area contributed by atoms with E-state index in [0.717, 1.165) is 18.0 Å². The molecule has 0 bridgehead atoms. The van der Waals surface area contributed by atoms with Crippen molar-refractivity contribution in [2.45, 2.75) is 57.0 Å². The second-order valence-electron chi connectivity index (χ2n) is 6.88. The molecule has 3 rings (SSSR count). The van der Waals surface area contributed by atoms with Gasteiger partial charge in [-0.15, -0.1) is 0 Å². The molecule has 2 atom stereocenters. The predicted octanol–water partition coefficient (Wildman–Crippen LogP) is 1.93. The maximum atomic E-state index is 3.53. The van der Waals surface area contributed by atoms with E-state index in [4.69, 9.17) is 0 Å². The summed E-state index contributed by atoms with van der Waals surface area (Å²) in [5.41, 5.74) is 0. The van der Waals surface area contributed by atoms with Crippen molar-refractivity contribution in [1.29, 1.82) is 0 Å². The van der Waals surface area contributed by atoms with E-state index in [0.29, 0.717) is 0 Å². The van der Waals surface area contributed by atoms with Crippen molar-refractivity contribution in [1.82, 2.24) is 15.1 Å². The maximum Gasteiger partial charge on any atom is 0.0249 e. The molecule has 0 aromatic heterocycles. The van der Waals surface area contributed by atoms with Crippen LogP contribution in [0.25, 0.3) is 0 Å². The van der Waals surface area contributed by atoms with Gasteiger partial charge in [0.15, 0.2) is 0 Å². The molecule has 1 saturated carbocycles. The fourth-order valence-corrected chi connectivity index (χ4v) is 4.51. The SMILES string of the molecule is CNC1CCCC1N1CCC(CN2CCCC2)CC1. The van der Waals surface area contributed by atoms with Gasteiger partial charge < -0.3 is 10.2 Å². The molecule has 0 spiro atoms. The molecule has 0 aromatic carbocycles.